The van der Waals surface area contributed by atoms with Crippen LogP contribution >= 0.6 is 0 Å². The molecule has 0 aromatic carbocycles. The molecule has 4 nitrogen and oxygen atoms in total. The maximum atomic E-state index is 12.5. The lowest BCUT2D eigenvalue weighted by Gasteiger charge is -2.28. The van der Waals surface area contributed by atoms with Crippen LogP contribution in [0.5, 0.6) is 0 Å². The van der Waals surface area contributed by atoms with Crippen LogP contribution in [0.1, 0.15) is 43.8 Å². The third-order valence-electron chi connectivity index (χ3n) is 4.42. The van der Waals surface area contributed by atoms with Crippen molar-refractivity contribution >= 4 is 5.91 Å². The Morgan fingerprint density at radius 3 is 3.05 bits per heavy atom. The summed E-state index contributed by atoms with van der Waals surface area (Å²) in [6.45, 7) is 3.04. The molecule has 1 amide bonds. The molecule has 0 aliphatic carbocycles. The first kappa shape index (κ1) is 12.7. The summed E-state index contributed by atoms with van der Waals surface area (Å²) in [7, 11) is 0. The van der Waals surface area contributed by atoms with E-state index < -0.39 is 0 Å². The van der Waals surface area contributed by atoms with Crippen molar-refractivity contribution in [3.05, 3.63) is 24.0 Å². The average molecular weight is 261 g/mol. The van der Waals surface area contributed by atoms with Crippen LogP contribution in [0.25, 0.3) is 0 Å². The van der Waals surface area contributed by atoms with Crippen LogP contribution in [-0.2, 0) is 4.79 Å². The number of H-pyrrole nitrogens is 1. The first-order valence-electron chi connectivity index (χ1n) is 7.48. The molecule has 3 heterocycles. The van der Waals surface area contributed by atoms with E-state index in [-0.39, 0.29) is 6.04 Å². The number of hydrogen-bond donors (Lipinski definition) is 2. The Kier molecular flexibility index (Phi) is 3.87. The van der Waals surface area contributed by atoms with Crippen LogP contribution in [0.2, 0.25) is 0 Å². The van der Waals surface area contributed by atoms with Crippen LogP contribution in [0.4, 0.5) is 0 Å². The molecule has 0 radical (unpaired) electrons. The zero-order valence-corrected chi connectivity index (χ0v) is 11.4. The molecule has 3 rings (SSSR count). The second kappa shape index (κ2) is 5.78. The predicted molar refractivity (Wildman–Crippen MR) is 74.7 cm³/mol. The normalized spacial score (nSPS) is 27.7. The minimum Gasteiger partial charge on any atom is -0.363 e. The third-order valence-corrected chi connectivity index (χ3v) is 4.42. The summed E-state index contributed by atoms with van der Waals surface area (Å²) >= 11 is 0. The minimum atomic E-state index is 0.277. The van der Waals surface area contributed by atoms with Gasteiger partial charge in [0.05, 0.1) is 6.04 Å². The second-order valence-electron chi connectivity index (χ2n) is 5.79. The van der Waals surface area contributed by atoms with E-state index in [1.54, 1.807) is 0 Å². The van der Waals surface area contributed by atoms with Crippen LogP contribution in [0, 0.1) is 5.92 Å². The molecule has 2 saturated heterocycles. The maximum Gasteiger partial charge on any atom is 0.223 e. The Balaban J connectivity index is 1.62. The van der Waals surface area contributed by atoms with Gasteiger partial charge in [-0.2, -0.15) is 0 Å². The Labute approximate surface area is 114 Å². The van der Waals surface area contributed by atoms with Gasteiger partial charge in [0.2, 0.25) is 5.91 Å². The van der Waals surface area contributed by atoms with Crippen molar-refractivity contribution in [3.8, 4) is 0 Å². The molecule has 19 heavy (non-hydrogen) atoms. The standard InChI is InChI=1S/C15H23N3O/c19-15(10-12-4-1-7-16-11-12)18-9-3-6-14(18)13-5-2-8-17-13/h2,5,8,12,14,16-17H,1,3-4,6-7,9-11H2. The Morgan fingerprint density at radius 2 is 2.32 bits per heavy atom. The molecule has 0 saturated carbocycles. The number of rotatable bonds is 3. The SMILES string of the molecule is O=C(CC1CCCNC1)N1CCCC1c1ccc[nH]1. The summed E-state index contributed by atoms with van der Waals surface area (Å²) in [5.41, 5.74) is 1.19. The highest BCUT2D eigenvalue weighted by Crippen LogP contribution is 2.32. The highest BCUT2D eigenvalue weighted by Gasteiger charge is 2.31. The second-order valence-corrected chi connectivity index (χ2v) is 5.79. The zero-order valence-electron chi connectivity index (χ0n) is 11.4. The highest BCUT2D eigenvalue weighted by atomic mass is 16.2. The zero-order chi connectivity index (χ0) is 13.1. The molecule has 1 aromatic heterocycles. The monoisotopic (exact) mass is 261 g/mol. The van der Waals surface area contributed by atoms with Crippen LogP contribution < -0.4 is 5.32 Å². The Morgan fingerprint density at radius 1 is 1.37 bits per heavy atom. The van der Waals surface area contributed by atoms with Crippen molar-refractivity contribution in [2.75, 3.05) is 19.6 Å². The summed E-state index contributed by atoms with van der Waals surface area (Å²) in [6, 6.07) is 4.39. The van der Waals surface area contributed by atoms with E-state index in [0.717, 1.165) is 32.5 Å². The van der Waals surface area contributed by atoms with Crippen LogP contribution in [-0.4, -0.2) is 35.4 Å². The largest absolute Gasteiger partial charge is 0.363 e. The van der Waals surface area contributed by atoms with Crippen molar-refractivity contribution in [2.24, 2.45) is 5.92 Å². The molecular weight excluding hydrogens is 238 g/mol. The molecule has 0 bridgehead atoms. The highest BCUT2D eigenvalue weighted by molar-refractivity contribution is 5.77. The molecular formula is C15H23N3O. The number of aromatic nitrogens is 1. The number of nitrogens with zero attached hydrogens (tertiary/aromatic N) is 1. The first-order valence-corrected chi connectivity index (χ1v) is 7.48. The van der Waals surface area contributed by atoms with Gasteiger partial charge >= 0.3 is 0 Å². The van der Waals surface area contributed by atoms with Gasteiger partial charge in [-0.15, -0.1) is 0 Å². The maximum absolute atomic E-state index is 12.5. The number of amides is 1. The van der Waals surface area contributed by atoms with Gasteiger partial charge in [-0.3, -0.25) is 4.79 Å². The Bertz CT molecular complexity index is 409. The van der Waals surface area contributed by atoms with Crippen molar-refractivity contribution in [1.29, 1.82) is 0 Å². The van der Waals surface area contributed by atoms with Gasteiger partial charge in [-0.1, -0.05) is 0 Å². The molecule has 2 N–H and O–H groups in total. The number of nitrogens with one attached hydrogen (secondary N) is 2. The summed E-state index contributed by atoms with van der Waals surface area (Å²) in [6.07, 6.45) is 7.27. The van der Waals surface area contributed by atoms with Crippen LogP contribution in [0.15, 0.2) is 18.3 Å². The average Bonchev–Trinajstić information content (AvgIpc) is 3.10. The molecule has 2 aliphatic heterocycles. The van der Waals surface area contributed by atoms with Gasteiger partial charge in [-0.25, -0.2) is 0 Å². The van der Waals surface area contributed by atoms with Gasteiger partial charge in [0.25, 0.3) is 0 Å². The van der Waals surface area contributed by atoms with Gasteiger partial charge in [0.15, 0.2) is 0 Å². The fourth-order valence-electron chi connectivity index (χ4n) is 3.40. The van der Waals surface area contributed by atoms with Gasteiger partial charge in [0, 0.05) is 24.9 Å². The van der Waals surface area contributed by atoms with Gasteiger partial charge < -0.3 is 15.2 Å². The summed E-state index contributed by atoms with van der Waals surface area (Å²) in [5.74, 6) is 0.872. The fourth-order valence-corrected chi connectivity index (χ4v) is 3.40. The number of aromatic amines is 1. The number of hydrogen-bond acceptors (Lipinski definition) is 2. The number of likely N-dealkylation sites (tertiary alicyclic amines) is 1. The quantitative estimate of drug-likeness (QED) is 0.875. The van der Waals surface area contributed by atoms with Crippen molar-refractivity contribution < 1.29 is 4.79 Å². The molecule has 2 unspecified atom stereocenters. The molecule has 1 aromatic rings. The Hall–Kier alpha value is -1.29. The van der Waals surface area contributed by atoms with E-state index in [4.69, 9.17) is 0 Å². The summed E-state index contributed by atoms with van der Waals surface area (Å²) in [4.78, 5) is 17.8. The third kappa shape index (κ3) is 2.84. The number of carbonyl (C=O) groups is 1. The van der Waals surface area contributed by atoms with E-state index >= 15 is 0 Å². The molecule has 4 heteroatoms. The fraction of sp³-hybridized carbons (Fsp3) is 0.667. The predicted octanol–water partition coefficient (Wildman–Crippen LogP) is 2.07. The first-order chi connectivity index (χ1) is 9.34. The van der Waals surface area contributed by atoms with Crippen LogP contribution in [0.3, 0.4) is 0 Å². The molecule has 104 valence electrons. The lowest BCUT2D eigenvalue weighted by molar-refractivity contribution is -0.133. The van der Waals surface area contributed by atoms with E-state index in [2.05, 4.69) is 21.3 Å². The number of piperidine rings is 1. The lowest BCUT2D eigenvalue weighted by atomic mass is 9.95. The van der Waals surface area contributed by atoms with E-state index in [0.29, 0.717) is 18.2 Å². The van der Waals surface area contributed by atoms with Crippen molar-refractivity contribution in [2.45, 2.75) is 38.1 Å². The molecule has 2 fully saturated rings. The van der Waals surface area contributed by atoms with Crippen molar-refractivity contribution in [3.63, 3.8) is 0 Å². The summed E-state index contributed by atoms with van der Waals surface area (Å²) in [5, 5.41) is 3.39. The molecule has 0 spiro atoms. The van der Waals surface area contributed by atoms with Gasteiger partial charge in [-0.05, 0) is 56.8 Å². The molecule has 2 aliphatic rings. The minimum absolute atomic E-state index is 0.277. The topological polar surface area (TPSA) is 48.1 Å². The van der Waals surface area contributed by atoms with Gasteiger partial charge in [0.1, 0.15) is 0 Å². The summed E-state index contributed by atoms with van der Waals surface area (Å²) < 4.78 is 0. The van der Waals surface area contributed by atoms with E-state index in [1.165, 1.54) is 18.5 Å². The molecule has 2 atom stereocenters. The van der Waals surface area contributed by atoms with E-state index in [9.17, 15) is 4.79 Å². The number of carbonyl (C=O) groups excluding carboxylic acids is 1. The lowest BCUT2D eigenvalue weighted by Crippen LogP contribution is -2.36. The van der Waals surface area contributed by atoms with E-state index in [1.807, 2.05) is 12.3 Å². The van der Waals surface area contributed by atoms with Crippen molar-refractivity contribution in [1.82, 2.24) is 15.2 Å². The smallest absolute Gasteiger partial charge is 0.223 e.